The summed E-state index contributed by atoms with van der Waals surface area (Å²) in [5.74, 6) is -0.126. The van der Waals surface area contributed by atoms with Crippen molar-refractivity contribution in [3.63, 3.8) is 0 Å². The number of alkyl halides is 2. The van der Waals surface area contributed by atoms with Gasteiger partial charge in [-0.3, -0.25) is 4.79 Å². The number of sulfonamides is 1. The summed E-state index contributed by atoms with van der Waals surface area (Å²) in [6.07, 6.45) is 3.18. The molecule has 0 spiro atoms. The molecule has 1 amide bonds. The van der Waals surface area contributed by atoms with Gasteiger partial charge in [0.15, 0.2) is 0 Å². The second-order valence-corrected chi connectivity index (χ2v) is 9.69. The Labute approximate surface area is 180 Å². The fourth-order valence-corrected chi connectivity index (χ4v) is 5.06. The molecule has 174 valence electrons. The maximum Gasteiger partial charge on any atom is 0.251 e. The van der Waals surface area contributed by atoms with Gasteiger partial charge in [-0.25, -0.2) is 26.9 Å². The van der Waals surface area contributed by atoms with E-state index in [2.05, 4.69) is 10.3 Å². The zero-order chi connectivity index (χ0) is 22.6. The summed E-state index contributed by atoms with van der Waals surface area (Å²) in [4.78, 5) is 18.1. The highest BCUT2D eigenvalue weighted by molar-refractivity contribution is 7.89. The van der Waals surface area contributed by atoms with Crippen LogP contribution in [0.15, 0.2) is 17.2 Å². The summed E-state index contributed by atoms with van der Waals surface area (Å²) in [6.45, 7) is -0.156. The fourth-order valence-electron chi connectivity index (χ4n) is 3.91. The van der Waals surface area contributed by atoms with Crippen LogP contribution < -0.4 is 20.7 Å². The number of carbonyl (C=O) groups is 1. The molecule has 1 saturated carbocycles. The number of anilines is 2. The molecule has 0 unspecified atom stereocenters. The molecule has 1 aromatic heterocycles. The molecule has 1 aromatic rings. The van der Waals surface area contributed by atoms with Crippen LogP contribution in [0.4, 0.5) is 20.3 Å². The number of aromatic nitrogens is 1. The number of nitrogens with one attached hydrogen (secondary N) is 2. The highest BCUT2D eigenvalue weighted by Crippen LogP contribution is 2.32. The average Bonchev–Trinajstić information content (AvgIpc) is 2.71. The number of rotatable bonds is 9. The van der Waals surface area contributed by atoms with Crippen LogP contribution in [0.5, 0.6) is 0 Å². The van der Waals surface area contributed by atoms with Crippen LogP contribution >= 0.6 is 0 Å². The van der Waals surface area contributed by atoms with Crippen LogP contribution in [0.25, 0.3) is 0 Å². The van der Waals surface area contributed by atoms with Crippen molar-refractivity contribution in [3.05, 3.63) is 12.3 Å². The van der Waals surface area contributed by atoms with Crippen molar-refractivity contribution in [1.29, 1.82) is 0 Å². The van der Waals surface area contributed by atoms with Gasteiger partial charge in [-0.2, -0.15) is 0 Å². The first-order chi connectivity index (χ1) is 14.7. The molecular weight excluding hydrogens is 432 g/mol. The van der Waals surface area contributed by atoms with E-state index in [9.17, 15) is 22.0 Å². The smallest absolute Gasteiger partial charge is 0.251 e. The molecule has 31 heavy (non-hydrogen) atoms. The quantitative estimate of drug-likeness (QED) is 0.506. The first kappa shape index (κ1) is 23.8. The molecule has 4 N–H and O–H groups in total. The Bertz CT molecular complexity index is 874. The third-order valence-corrected chi connectivity index (χ3v) is 7.24. The first-order valence-corrected chi connectivity index (χ1v) is 11.8. The number of halogens is 2. The number of hydrogen-bond acceptors (Lipinski definition) is 7. The van der Waals surface area contributed by atoms with Gasteiger partial charge >= 0.3 is 0 Å². The Morgan fingerprint density at radius 1 is 1.32 bits per heavy atom. The first-order valence-electron chi connectivity index (χ1n) is 10.3. The monoisotopic (exact) mass is 461 g/mol. The molecule has 0 bridgehead atoms. The Balaban J connectivity index is 1.80. The SMILES string of the molecule is COC1CN(c2cc(NC(=O)[C@@H](N)C3CCCCC3)ncc2S(=O)(=O)NCC(F)F)C1. The minimum absolute atomic E-state index is 0.0736. The molecule has 2 fully saturated rings. The van der Waals surface area contributed by atoms with Gasteiger partial charge in [-0.1, -0.05) is 19.3 Å². The lowest BCUT2D eigenvalue weighted by molar-refractivity contribution is -0.118. The number of amides is 1. The van der Waals surface area contributed by atoms with Gasteiger partial charge < -0.3 is 20.7 Å². The molecule has 12 heteroatoms. The Kier molecular flexibility index (Phi) is 7.78. The van der Waals surface area contributed by atoms with Gasteiger partial charge in [-0.15, -0.1) is 0 Å². The van der Waals surface area contributed by atoms with Gasteiger partial charge in [0.05, 0.1) is 30.6 Å². The van der Waals surface area contributed by atoms with E-state index in [4.69, 9.17) is 10.5 Å². The van der Waals surface area contributed by atoms with Crippen molar-refractivity contribution >= 4 is 27.4 Å². The maximum absolute atomic E-state index is 12.6. The molecule has 1 atom stereocenters. The van der Waals surface area contributed by atoms with E-state index >= 15 is 0 Å². The van der Waals surface area contributed by atoms with Gasteiger partial charge in [0.2, 0.25) is 15.9 Å². The van der Waals surface area contributed by atoms with Crippen LogP contribution in [0.1, 0.15) is 32.1 Å². The highest BCUT2D eigenvalue weighted by Gasteiger charge is 2.33. The lowest BCUT2D eigenvalue weighted by Crippen LogP contribution is -2.52. The molecule has 0 radical (unpaired) electrons. The number of hydrogen-bond donors (Lipinski definition) is 3. The largest absolute Gasteiger partial charge is 0.378 e. The molecule has 1 saturated heterocycles. The third-order valence-electron chi connectivity index (χ3n) is 5.80. The van der Waals surface area contributed by atoms with Gasteiger partial charge in [0.1, 0.15) is 10.7 Å². The van der Waals surface area contributed by atoms with Crippen molar-refractivity contribution in [1.82, 2.24) is 9.71 Å². The molecule has 1 aliphatic carbocycles. The van der Waals surface area contributed by atoms with E-state index < -0.39 is 29.0 Å². The summed E-state index contributed by atoms with van der Waals surface area (Å²) in [5, 5.41) is 2.67. The number of methoxy groups -OCH3 is 1. The Hall–Kier alpha value is -1.89. The summed E-state index contributed by atoms with van der Waals surface area (Å²) in [6, 6.07) is 0.748. The van der Waals surface area contributed by atoms with Crippen molar-refractivity contribution in [2.45, 2.75) is 55.6 Å². The fraction of sp³-hybridized carbons (Fsp3) is 0.684. The molecule has 3 rings (SSSR count). The van der Waals surface area contributed by atoms with Gasteiger partial charge in [0, 0.05) is 26.3 Å². The van der Waals surface area contributed by atoms with Crippen molar-refractivity contribution < 1.29 is 26.7 Å². The van der Waals surface area contributed by atoms with E-state index in [-0.39, 0.29) is 34.3 Å². The third kappa shape index (κ3) is 5.88. The average molecular weight is 462 g/mol. The van der Waals surface area contributed by atoms with Crippen LogP contribution in [0.3, 0.4) is 0 Å². The Morgan fingerprint density at radius 3 is 2.61 bits per heavy atom. The molecule has 0 aromatic carbocycles. The highest BCUT2D eigenvalue weighted by atomic mass is 32.2. The molecular formula is C19H29F2N5O4S. The predicted octanol–water partition coefficient (Wildman–Crippen LogP) is 1.31. The maximum atomic E-state index is 12.6. The van der Waals surface area contributed by atoms with E-state index in [0.29, 0.717) is 13.1 Å². The van der Waals surface area contributed by atoms with Crippen LogP contribution in [-0.4, -0.2) is 64.6 Å². The predicted molar refractivity (Wildman–Crippen MR) is 112 cm³/mol. The molecule has 2 aliphatic rings. The number of ether oxygens (including phenoxy) is 1. The van der Waals surface area contributed by atoms with E-state index in [1.54, 1.807) is 12.0 Å². The summed E-state index contributed by atoms with van der Waals surface area (Å²) in [7, 11) is -2.67. The topological polar surface area (TPSA) is 127 Å². The summed E-state index contributed by atoms with van der Waals surface area (Å²) >= 11 is 0. The summed E-state index contributed by atoms with van der Waals surface area (Å²) in [5.41, 5.74) is 6.39. The zero-order valence-corrected chi connectivity index (χ0v) is 18.2. The lowest BCUT2D eigenvalue weighted by atomic mass is 9.84. The van der Waals surface area contributed by atoms with Crippen molar-refractivity contribution in [2.75, 3.05) is 37.0 Å². The summed E-state index contributed by atoms with van der Waals surface area (Å²) < 4.78 is 57.3. The zero-order valence-electron chi connectivity index (χ0n) is 17.4. The van der Waals surface area contributed by atoms with Crippen LogP contribution in [-0.2, 0) is 19.6 Å². The second-order valence-electron chi connectivity index (χ2n) is 7.96. The minimum Gasteiger partial charge on any atom is -0.378 e. The molecule has 1 aliphatic heterocycles. The minimum atomic E-state index is -4.22. The standard InChI is InChI=1S/C19H29F2N5O4S/c1-30-13-10-26(11-13)14-7-17(23-8-15(14)31(28,29)24-9-16(20)21)25-19(27)18(22)12-5-3-2-4-6-12/h7-8,12-13,16,18,24H,2-6,9-11,22H2,1H3,(H,23,25,27)/t18-/m0/s1. The van der Waals surface area contributed by atoms with E-state index in [1.165, 1.54) is 6.07 Å². The van der Waals surface area contributed by atoms with Crippen LogP contribution in [0.2, 0.25) is 0 Å². The number of pyridine rings is 1. The molecule has 9 nitrogen and oxygen atoms in total. The lowest BCUT2D eigenvalue weighted by Gasteiger charge is -2.40. The second kappa shape index (κ2) is 10.2. The number of carbonyl (C=O) groups excluding carboxylic acids is 1. The van der Waals surface area contributed by atoms with Gasteiger partial charge in [-0.05, 0) is 18.8 Å². The Morgan fingerprint density at radius 2 is 2.00 bits per heavy atom. The van der Waals surface area contributed by atoms with Crippen LogP contribution in [0, 0.1) is 5.92 Å². The van der Waals surface area contributed by atoms with E-state index in [0.717, 1.165) is 38.3 Å². The van der Waals surface area contributed by atoms with Gasteiger partial charge in [0.25, 0.3) is 6.43 Å². The van der Waals surface area contributed by atoms with Crippen molar-refractivity contribution in [2.24, 2.45) is 11.7 Å². The number of nitrogens with zero attached hydrogens (tertiary/aromatic N) is 2. The van der Waals surface area contributed by atoms with E-state index in [1.807, 2.05) is 4.72 Å². The normalized spacial score (nSPS) is 19.3. The number of nitrogens with two attached hydrogens (primary N) is 1. The molecule has 2 heterocycles. The van der Waals surface area contributed by atoms with Crippen molar-refractivity contribution in [3.8, 4) is 0 Å².